The fraction of sp³-hybridized carbons (Fsp3) is 0.500. The van der Waals surface area contributed by atoms with Crippen LogP contribution in [-0.4, -0.2) is 29.5 Å². The zero-order valence-electron chi connectivity index (χ0n) is 10.7. The number of thioether (sulfide) groups is 1. The van der Waals surface area contributed by atoms with E-state index in [1.165, 1.54) is 4.90 Å². The second-order valence-corrected chi connectivity index (χ2v) is 6.63. The van der Waals surface area contributed by atoms with Crippen molar-refractivity contribution in [2.45, 2.75) is 35.8 Å². The molecule has 4 heteroatoms. The van der Waals surface area contributed by atoms with Crippen LogP contribution in [0, 0.1) is 0 Å². The molecule has 1 fully saturated rings. The van der Waals surface area contributed by atoms with Crippen LogP contribution in [0.2, 0.25) is 0 Å². The molecule has 18 heavy (non-hydrogen) atoms. The van der Waals surface area contributed by atoms with Crippen LogP contribution in [0.15, 0.2) is 29.2 Å². The molecular weight excluding hydrogens is 248 g/mol. The molecule has 0 radical (unpaired) electrons. The topological polar surface area (TPSA) is 46.5 Å². The molecule has 1 heterocycles. The molecule has 2 rings (SSSR count). The number of carbonyl (C=O) groups is 1. The Morgan fingerprint density at radius 2 is 2.00 bits per heavy atom. The van der Waals surface area contributed by atoms with E-state index in [-0.39, 0.29) is 11.8 Å². The molecule has 1 aliphatic heterocycles. The minimum absolute atomic E-state index is 0.149. The predicted octanol–water partition coefficient (Wildman–Crippen LogP) is 2.93. The molecule has 98 valence electrons. The molecule has 1 aliphatic rings. The summed E-state index contributed by atoms with van der Waals surface area (Å²) >= 11 is 1.82. The van der Waals surface area contributed by atoms with Crippen molar-refractivity contribution in [3.8, 4) is 0 Å². The second kappa shape index (κ2) is 5.33. The Labute approximate surface area is 112 Å². The maximum atomic E-state index is 10.8. The van der Waals surface area contributed by atoms with E-state index >= 15 is 0 Å². The van der Waals surface area contributed by atoms with Crippen molar-refractivity contribution < 1.29 is 14.6 Å². The van der Waals surface area contributed by atoms with E-state index in [4.69, 9.17) is 9.84 Å². The summed E-state index contributed by atoms with van der Waals surface area (Å²) < 4.78 is 5.14. The highest BCUT2D eigenvalue weighted by Crippen LogP contribution is 2.31. The number of hydrogen-bond acceptors (Lipinski definition) is 3. The highest BCUT2D eigenvalue weighted by atomic mass is 32.2. The SMILES string of the molecule is CC(C)(CC(=O)O)c1ccc(SC2COC2)cc1. The van der Waals surface area contributed by atoms with Gasteiger partial charge in [-0.15, -0.1) is 11.8 Å². The molecule has 1 aromatic rings. The number of hydrogen-bond donors (Lipinski definition) is 1. The molecule has 3 nitrogen and oxygen atoms in total. The maximum absolute atomic E-state index is 10.8. The van der Waals surface area contributed by atoms with Gasteiger partial charge in [-0.2, -0.15) is 0 Å². The quantitative estimate of drug-likeness (QED) is 0.890. The number of rotatable bonds is 5. The average molecular weight is 266 g/mol. The molecule has 0 saturated carbocycles. The van der Waals surface area contributed by atoms with Gasteiger partial charge in [0.2, 0.25) is 0 Å². The highest BCUT2D eigenvalue weighted by molar-refractivity contribution is 8.00. The maximum Gasteiger partial charge on any atom is 0.304 e. The number of benzene rings is 1. The minimum atomic E-state index is -0.759. The van der Waals surface area contributed by atoms with Crippen LogP contribution in [0.3, 0.4) is 0 Å². The molecule has 0 aromatic heterocycles. The van der Waals surface area contributed by atoms with Crippen LogP contribution in [0.1, 0.15) is 25.8 Å². The smallest absolute Gasteiger partial charge is 0.304 e. The van der Waals surface area contributed by atoms with Gasteiger partial charge in [0.1, 0.15) is 0 Å². The lowest BCUT2D eigenvalue weighted by Crippen LogP contribution is -2.30. The van der Waals surface area contributed by atoms with Crippen molar-refractivity contribution in [1.29, 1.82) is 0 Å². The number of carboxylic acid groups (broad SMARTS) is 1. The van der Waals surface area contributed by atoms with Gasteiger partial charge in [0, 0.05) is 10.3 Å². The summed E-state index contributed by atoms with van der Waals surface area (Å²) in [6.07, 6.45) is 0.149. The fourth-order valence-corrected chi connectivity index (χ4v) is 2.95. The van der Waals surface area contributed by atoms with Crippen molar-refractivity contribution in [1.82, 2.24) is 0 Å². The van der Waals surface area contributed by atoms with Crippen molar-refractivity contribution in [3.05, 3.63) is 29.8 Å². The zero-order chi connectivity index (χ0) is 13.2. The van der Waals surface area contributed by atoms with E-state index in [9.17, 15) is 4.79 Å². The standard InChI is InChI=1S/C14H18O3S/c1-14(2,7-13(15)16)10-3-5-11(6-4-10)18-12-8-17-9-12/h3-6,12H,7-9H2,1-2H3,(H,15,16). The van der Waals surface area contributed by atoms with Crippen LogP contribution >= 0.6 is 11.8 Å². The van der Waals surface area contributed by atoms with Crippen molar-refractivity contribution in [2.24, 2.45) is 0 Å². The van der Waals surface area contributed by atoms with Gasteiger partial charge in [0.15, 0.2) is 0 Å². The molecule has 0 aliphatic carbocycles. The lowest BCUT2D eigenvalue weighted by atomic mass is 9.82. The summed E-state index contributed by atoms with van der Waals surface area (Å²) in [5.74, 6) is -0.759. The molecule has 1 aromatic carbocycles. The molecule has 0 amide bonds. The van der Waals surface area contributed by atoms with Crippen LogP contribution < -0.4 is 0 Å². The predicted molar refractivity (Wildman–Crippen MR) is 72.2 cm³/mol. The number of ether oxygens (including phenoxy) is 1. The number of carboxylic acids is 1. The summed E-state index contributed by atoms with van der Waals surface area (Å²) in [6, 6.07) is 8.21. The normalized spacial score (nSPS) is 16.3. The van der Waals surface area contributed by atoms with Crippen LogP contribution in [0.5, 0.6) is 0 Å². The largest absolute Gasteiger partial charge is 0.481 e. The summed E-state index contributed by atoms with van der Waals surface area (Å²) in [7, 11) is 0. The summed E-state index contributed by atoms with van der Waals surface area (Å²) in [5.41, 5.74) is 0.744. The van der Waals surface area contributed by atoms with E-state index in [1.54, 1.807) is 0 Å². The van der Waals surface area contributed by atoms with Crippen LogP contribution in [0.25, 0.3) is 0 Å². The fourth-order valence-electron chi connectivity index (χ4n) is 1.94. The molecule has 1 N–H and O–H groups in total. The Kier molecular flexibility index (Phi) is 3.97. The molecule has 0 unspecified atom stereocenters. The Balaban J connectivity index is 2.03. The van der Waals surface area contributed by atoms with Crippen molar-refractivity contribution >= 4 is 17.7 Å². The first kappa shape index (κ1) is 13.4. The van der Waals surface area contributed by atoms with Crippen LogP contribution in [0.4, 0.5) is 0 Å². The first-order chi connectivity index (χ1) is 8.47. The van der Waals surface area contributed by atoms with Gasteiger partial charge in [-0.05, 0) is 17.7 Å². The second-order valence-electron chi connectivity index (χ2n) is 5.26. The first-order valence-electron chi connectivity index (χ1n) is 6.04. The third kappa shape index (κ3) is 3.27. The van der Waals surface area contributed by atoms with Gasteiger partial charge in [-0.3, -0.25) is 4.79 Å². The first-order valence-corrected chi connectivity index (χ1v) is 6.92. The van der Waals surface area contributed by atoms with Gasteiger partial charge < -0.3 is 9.84 Å². The Morgan fingerprint density at radius 3 is 2.44 bits per heavy atom. The zero-order valence-corrected chi connectivity index (χ0v) is 11.5. The Hall–Kier alpha value is -1.00. The molecule has 0 bridgehead atoms. The van der Waals surface area contributed by atoms with E-state index in [0.29, 0.717) is 5.25 Å². The molecular formula is C14H18O3S. The van der Waals surface area contributed by atoms with Crippen molar-refractivity contribution in [2.75, 3.05) is 13.2 Å². The Morgan fingerprint density at radius 1 is 1.39 bits per heavy atom. The highest BCUT2D eigenvalue weighted by Gasteiger charge is 2.24. The lowest BCUT2D eigenvalue weighted by Gasteiger charge is -2.26. The molecule has 0 atom stereocenters. The van der Waals surface area contributed by atoms with Gasteiger partial charge in [-0.25, -0.2) is 0 Å². The molecule has 0 spiro atoms. The van der Waals surface area contributed by atoms with Gasteiger partial charge >= 0.3 is 5.97 Å². The monoisotopic (exact) mass is 266 g/mol. The van der Waals surface area contributed by atoms with Gasteiger partial charge in [-0.1, -0.05) is 26.0 Å². The van der Waals surface area contributed by atoms with Crippen LogP contribution in [-0.2, 0) is 14.9 Å². The summed E-state index contributed by atoms with van der Waals surface area (Å²) in [6.45, 7) is 5.58. The van der Waals surface area contributed by atoms with Gasteiger partial charge in [0.05, 0.1) is 24.9 Å². The lowest BCUT2D eigenvalue weighted by molar-refractivity contribution is -0.138. The third-order valence-electron chi connectivity index (χ3n) is 3.14. The molecule has 1 saturated heterocycles. The van der Waals surface area contributed by atoms with E-state index < -0.39 is 5.97 Å². The third-order valence-corrected chi connectivity index (χ3v) is 4.29. The van der Waals surface area contributed by atoms with E-state index in [0.717, 1.165) is 18.8 Å². The van der Waals surface area contributed by atoms with Gasteiger partial charge in [0.25, 0.3) is 0 Å². The van der Waals surface area contributed by atoms with E-state index in [2.05, 4.69) is 12.1 Å². The summed E-state index contributed by atoms with van der Waals surface area (Å²) in [4.78, 5) is 12.0. The summed E-state index contributed by atoms with van der Waals surface area (Å²) in [5, 5.41) is 9.48. The number of aliphatic carboxylic acids is 1. The average Bonchev–Trinajstić information content (AvgIpc) is 2.22. The van der Waals surface area contributed by atoms with E-state index in [1.807, 2.05) is 37.7 Å². The van der Waals surface area contributed by atoms with Crippen molar-refractivity contribution in [3.63, 3.8) is 0 Å². The minimum Gasteiger partial charge on any atom is -0.481 e. The Bertz CT molecular complexity index is 421.